The van der Waals surface area contributed by atoms with Crippen molar-refractivity contribution in [2.75, 3.05) is 40.3 Å². The van der Waals surface area contributed by atoms with E-state index in [2.05, 4.69) is 26.1 Å². The van der Waals surface area contributed by atoms with E-state index in [-0.39, 0.29) is 19.0 Å². The van der Waals surface area contributed by atoms with Gasteiger partial charge in [-0.15, -0.1) is 11.3 Å². The van der Waals surface area contributed by atoms with E-state index in [1.165, 1.54) is 22.7 Å². The van der Waals surface area contributed by atoms with Crippen molar-refractivity contribution in [3.8, 4) is 10.6 Å². The Kier molecular flexibility index (Phi) is 5.30. The van der Waals surface area contributed by atoms with Gasteiger partial charge < -0.3 is 4.90 Å². The fraction of sp³-hybridized carbons (Fsp3) is 0.429. The summed E-state index contributed by atoms with van der Waals surface area (Å²) in [6.45, 7) is 1.25. The Hall–Kier alpha value is -1.27. The standard InChI is InChI=1S/C14H18BrN5O3S2/c1-18(2)25(22,23)20-7-5-19(6-8-20)14(21)11-9-10(16-17-11)12-3-4-13(15)24-12/h3-4,9H,5-8H2,1-2H3,(H,16,17). The number of thiophene rings is 1. The summed E-state index contributed by atoms with van der Waals surface area (Å²) in [5.41, 5.74) is 1.12. The summed E-state index contributed by atoms with van der Waals surface area (Å²) in [5.74, 6) is -0.194. The number of hydrogen-bond donors (Lipinski definition) is 1. The molecule has 1 aliphatic heterocycles. The van der Waals surface area contributed by atoms with Crippen molar-refractivity contribution in [1.82, 2.24) is 23.7 Å². The molecule has 136 valence electrons. The zero-order valence-corrected chi connectivity index (χ0v) is 17.0. The van der Waals surface area contributed by atoms with E-state index in [1.807, 2.05) is 12.1 Å². The highest BCUT2D eigenvalue weighted by Crippen LogP contribution is 2.30. The minimum atomic E-state index is -3.44. The molecule has 2 aromatic rings. The van der Waals surface area contributed by atoms with Crippen LogP contribution in [0.15, 0.2) is 22.0 Å². The normalized spacial score (nSPS) is 16.6. The molecular weight excluding hydrogens is 430 g/mol. The molecule has 11 heteroatoms. The number of piperazine rings is 1. The lowest BCUT2D eigenvalue weighted by Gasteiger charge is -2.34. The topological polar surface area (TPSA) is 89.6 Å². The van der Waals surface area contributed by atoms with Crippen molar-refractivity contribution in [2.45, 2.75) is 0 Å². The van der Waals surface area contributed by atoms with Gasteiger partial charge in [-0.25, -0.2) is 0 Å². The summed E-state index contributed by atoms with van der Waals surface area (Å²) in [4.78, 5) is 15.2. The summed E-state index contributed by atoms with van der Waals surface area (Å²) in [6.07, 6.45) is 0. The monoisotopic (exact) mass is 447 g/mol. The van der Waals surface area contributed by atoms with Crippen LogP contribution in [0.3, 0.4) is 0 Å². The zero-order valence-electron chi connectivity index (χ0n) is 13.8. The van der Waals surface area contributed by atoms with Gasteiger partial charge in [0.15, 0.2) is 5.69 Å². The van der Waals surface area contributed by atoms with Gasteiger partial charge in [-0.1, -0.05) is 0 Å². The number of amides is 1. The van der Waals surface area contributed by atoms with Crippen LogP contribution in [0.5, 0.6) is 0 Å². The lowest BCUT2D eigenvalue weighted by atomic mass is 10.2. The molecule has 0 unspecified atom stereocenters. The van der Waals surface area contributed by atoms with Gasteiger partial charge in [0.2, 0.25) is 0 Å². The van der Waals surface area contributed by atoms with E-state index >= 15 is 0 Å². The molecule has 1 amide bonds. The number of rotatable bonds is 4. The van der Waals surface area contributed by atoms with Gasteiger partial charge in [0.1, 0.15) is 0 Å². The SMILES string of the molecule is CN(C)S(=O)(=O)N1CCN(C(=O)c2cc(-c3ccc(Br)s3)[nH]n2)CC1. The quantitative estimate of drug-likeness (QED) is 0.767. The van der Waals surface area contributed by atoms with Crippen LogP contribution in [-0.4, -0.2) is 78.3 Å². The smallest absolute Gasteiger partial charge is 0.281 e. The van der Waals surface area contributed by atoms with E-state index in [1.54, 1.807) is 22.3 Å². The molecule has 0 aliphatic carbocycles. The van der Waals surface area contributed by atoms with Crippen LogP contribution in [0.2, 0.25) is 0 Å². The van der Waals surface area contributed by atoms with E-state index in [0.717, 1.165) is 14.4 Å². The first-order chi connectivity index (χ1) is 11.8. The fourth-order valence-electron chi connectivity index (χ4n) is 2.53. The first-order valence-electron chi connectivity index (χ1n) is 7.57. The van der Waals surface area contributed by atoms with Crippen molar-refractivity contribution in [1.29, 1.82) is 0 Å². The third-order valence-electron chi connectivity index (χ3n) is 3.95. The maximum absolute atomic E-state index is 12.6. The number of nitrogens with one attached hydrogen (secondary N) is 1. The van der Waals surface area contributed by atoms with Crippen molar-refractivity contribution < 1.29 is 13.2 Å². The maximum Gasteiger partial charge on any atom is 0.281 e. The number of carbonyl (C=O) groups excluding carboxylic acids is 1. The fourth-order valence-corrected chi connectivity index (χ4v) is 4.97. The first-order valence-corrected chi connectivity index (χ1v) is 10.6. The predicted molar refractivity (Wildman–Crippen MR) is 99.7 cm³/mol. The highest BCUT2D eigenvalue weighted by atomic mass is 79.9. The van der Waals surface area contributed by atoms with E-state index < -0.39 is 10.2 Å². The lowest BCUT2D eigenvalue weighted by Crippen LogP contribution is -2.53. The van der Waals surface area contributed by atoms with Crippen molar-refractivity contribution in [3.05, 3.63) is 27.7 Å². The summed E-state index contributed by atoms with van der Waals surface area (Å²) in [5, 5.41) is 6.99. The third kappa shape index (κ3) is 3.80. The summed E-state index contributed by atoms with van der Waals surface area (Å²) >= 11 is 4.96. The number of aromatic nitrogens is 2. The second-order valence-electron chi connectivity index (χ2n) is 5.75. The van der Waals surface area contributed by atoms with Gasteiger partial charge in [-0.3, -0.25) is 9.89 Å². The zero-order chi connectivity index (χ0) is 18.2. The molecule has 3 heterocycles. The molecule has 1 aliphatic rings. The molecule has 1 saturated heterocycles. The molecule has 1 fully saturated rings. The second kappa shape index (κ2) is 7.16. The molecule has 2 aromatic heterocycles. The molecule has 0 bridgehead atoms. The molecule has 1 N–H and O–H groups in total. The Morgan fingerprint density at radius 2 is 1.96 bits per heavy atom. The van der Waals surface area contributed by atoms with Crippen LogP contribution in [0, 0.1) is 0 Å². The Morgan fingerprint density at radius 3 is 2.52 bits per heavy atom. The Bertz CT molecular complexity index is 869. The molecule has 0 spiro atoms. The summed E-state index contributed by atoms with van der Waals surface area (Å²) < 4.78 is 27.8. The van der Waals surface area contributed by atoms with Gasteiger partial charge >= 0.3 is 0 Å². The maximum atomic E-state index is 12.6. The first kappa shape index (κ1) is 18.5. The van der Waals surface area contributed by atoms with E-state index in [4.69, 9.17) is 0 Å². The van der Waals surface area contributed by atoms with Crippen LogP contribution >= 0.6 is 27.3 Å². The van der Waals surface area contributed by atoms with Gasteiger partial charge in [-0.05, 0) is 34.1 Å². The van der Waals surface area contributed by atoms with Gasteiger partial charge in [0.05, 0.1) is 14.4 Å². The number of H-pyrrole nitrogens is 1. The van der Waals surface area contributed by atoms with Gasteiger partial charge in [0.25, 0.3) is 16.1 Å². The minimum absolute atomic E-state index is 0.194. The summed E-state index contributed by atoms with van der Waals surface area (Å²) in [6, 6.07) is 5.61. The average Bonchev–Trinajstić information content (AvgIpc) is 3.23. The van der Waals surface area contributed by atoms with Crippen LogP contribution in [0.1, 0.15) is 10.5 Å². The highest BCUT2D eigenvalue weighted by Gasteiger charge is 2.31. The molecular formula is C14H18BrN5O3S2. The van der Waals surface area contributed by atoms with Crippen LogP contribution in [-0.2, 0) is 10.2 Å². The van der Waals surface area contributed by atoms with Crippen molar-refractivity contribution in [2.24, 2.45) is 0 Å². The van der Waals surface area contributed by atoms with Gasteiger partial charge in [-0.2, -0.15) is 22.1 Å². The molecule has 0 radical (unpaired) electrons. The Labute approximate surface area is 158 Å². The summed E-state index contributed by atoms with van der Waals surface area (Å²) in [7, 11) is -0.437. The third-order valence-corrected chi connectivity index (χ3v) is 7.55. The second-order valence-corrected chi connectivity index (χ2v) is 10.4. The number of carbonyl (C=O) groups is 1. The predicted octanol–water partition coefficient (Wildman–Crippen LogP) is 1.46. The number of nitrogens with zero attached hydrogens (tertiary/aromatic N) is 4. The van der Waals surface area contributed by atoms with Crippen molar-refractivity contribution >= 4 is 43.4 Å². The Balaban J connectivity index is 1.66. The minimum Gasteiger partial charge on any atom is -0.335 e. The van der Waals surface area contributed by atoms with E-state index in [9.17, 15) is 13.2 Å². The van der Waals surface area contributed by atoms with E-state index in [0.29, 0.717) is 18.8 Å². The molecule has 25 heavy (non-hydrogen) atoms. The molecule has 0 atom stereocenters. The number of halogens is 1. The largest absolute Gasteiger partial charge is 0.335 e. The molecule has 0 aromatic carbocycles. The number of aromatic amines is 1. The van der Waals surface area contributed by atoms with Crippen LogP contribution in [0.25, 0.3) is 10.6 Å². The van der Waals surface area contributed by atoms with Gasteiger partial charge in [0, 0.05) is 40.3 Å². The van der Waals surface area contributed by atoms with Crippen LogP contribution < -0.4 is 0 Å². The average molecular weight is 448 g/mol. The molecule has 0 saturated carbocycles. The van der Waals surface area contributed by atoms with Crippen molar-refractivity contribution in [3.63, 3.8) is 0 Å². The highest BCUT2D eigenvalue weighted by molar-refractivity contribution is 9.11. The molecule has 8 nitrogen and oxygen atoms in total. The Morgan fingerprint density at radius 1 is 1.28 bits per heavy atom. The molecule has 3 rings (SSSR count). The number of hydrogen-bond acceptors (Lipinski definition) is 5. The van der Waals surface area contributed by atoms with Crippen LogP contribution in [0.4, 0.5) is 0 Å². The lowest BCUT2D eigenvalue weighted by molar-refractivity contribution is 0.0689.